The summed E-state index contributed by atoms with van der Waals surface area (Å²) in [5.74, 6) is -1.10. The molecule has 1 aliphatic heterocycles. The molecule has 1 rings (SSSR count). The van der Waals surface area contributed by atoms with Crippen molar-refractivity contribution in [3.8, 4) is 0 Å². The molecule has 1 aliphatic rings. The van der Waals surface area contributed by atoms with Gasteiger partial charge >= 0.3 is 5.97 Å². The number of rotatable bonds is 4. The third kappa shape index (κ3) is 4.16. The summed E-state index contributed by atoms with van der Waals surface area (Å²) in [5, 5.41) is 8.58. The molecule has 0 aromatic carbocycles. The van der Waals surface area contributed by atoms with Gasteiger partial charge < -0.3 is 20.5 Å². The fourth-order valence-corrected chi connectivity index (χ4v) is 1.56. The SMILES string of the molecule is NC(CCC(=O)N1CCCOCC1)C(=O)O. The van der Waals surface area contributed by atoms with Crippen LogP contribution in [0.2, 0.25) is 0 Å². The van der Waals surface area contributed by atoms with E-state index in [-0.39, 0.29) is 18.7 Å². The first kappa shape index (κ1) is 12.9. The monoisotopic (exact) mass is 230 g/mol. The highest BCUT2D eigenvalue weighted by Crippen LogP contribution is 2.04. The predicted molar refractivity (Wildman–Crippen MR) is 56.9 cm³/mol. The van der Waals surface area contributed by atoms with E-state index in [1.807, 2.05) is 0 Å². The Balaban J connectivity index is 2.30. The summed E-state index contributed by atoms with van der Waals surface area (Å²) in [5.41, 5.74) is 5.33. The van der Waals surface area contributed by atoms with Crippen molar-refractivity contribution in [2.75, 3.05) is 26.3 Å². The highest BCUT2D eigenvalue weighted by molar-refractivity contribution is 5.78. The summed E-state index contributed by atoms with van der Waals surface area (Å²) in [6.07, 6.45) is 1.20. The minimum absolute atomic E-state index is 0.0396. The molecule has 0 radical (unpaired) electrons. The topological polar surface area (TPSA) is 92.9 Å². The number of carboxylic acids is 1. The van der Waals surface area contributed by atoms with Crippen molar-refractivity contribution in [2.24, 2.45) is 5.73 Å². The Bertz CT molecular complexity index is 249. The highest BCUT2D eigenvalue weighted by atomic mass is 16.5. The van der Waals surface area contributed by atoms with E-state index in [0.29, 0.717) is 26.3 Å². The normalized spacial score (nSPS) is 18.9. The molecule has 92 valence electrons. The molecule has 1 atom stereocenters. The Morgan fingerprint density at radius 1 is 1.38 bits per heavy atom. The lowest BCUT2D eigenvalue weighted by molar-refractivity contribution is -0.139. The summed E-state index contributed by atoms with van der Waals surface area (Å²) in [6, 6.07) is -0.952. The van der Waals surface area contributed by atoms with Crippen LogP contribution in [0.15, 0.2) is 0 Å². The van der Waals surface area contributed by atoms with E-state index in [4.69, 9.17) is 15.6 Å². The molecule has 1 fully saturated rings. The molecule has 1 amide bonds. The summed E-state index contributed by atoms with van der Waals surface area (Å²) in [4.78, 5) is 23.9. The molecule has 0 saturated carbocycles. The predicted octanol–water partition coefficient (Wildman–Crippen LogP) is -0.573. The Hall–Kier alpha value is -1.14. The van der Waals surface area contributed by atoms with Gasteiger partial charge in [0.25, 0.3) is 0 Å². The summed E-state index contributed by atoms with van der Waals surface area (Å²) >= 11 is 0. The van der Waals surface area contributed by atoms with Crippen molar-refractivity contribution in [3.63, 3.8) is 0 Å². The first-order valence-corrected chi connectivity index (χ1v) is 5.45. The number of nitrogens with zero attached hydrogens (tertiary/aromatic N) is 1. The van der Waals surface area contributed by atoms with Gasteiger partial charge in [0.1, 0.15) is 6.04 Å². The largest absolute Gasteiger partial charge is 0.480 e. The van der Waals surface area contributed by atoms with Crippen LogP contribution in [0.5, 0.6) is 0 Å². The average Bonchev–Trinajstić information content (AvgIpc) is 2.53. The number of hydrogen-bond donors (Lipinski definition) is 2. The number of amides is 1. The summed E-state index contributed by atoms with van der Waals surface area (Å²) in [6.45, 7) is 2.50. The van der Waals surface area contributed by atoms with Crippen LogP contribution >= 0.6 is 0 Å². The van der Waals surface area contributed by atoms with Crippen molar-refractivity contribution >= 4 is 11.9 Å². The van der Waals surface area contributed by atoms with Crippen LogP contribution in [-0.4, -0.2) is 54.2 Å². The van der Waals surface area contributed by atoms with E-state index in [2.05, 4.69) is 0 Å². The van der Waals surface area contributed by atoms with Gasteiger partial charge in [-0.3, -0.25) is 9.59 Å². The van der Waals surface area contributed by atoms with Gasteiger partial charge in [0.15, 0.2) is 0 Å². The van der Waals surface area contributed by atoms with Crippen molar-refractivity contribution in [1.82, 2.24) is 4.90 Å². The quantitative estimate of drug-likeness (QED) is 0.674. The highest BCUT2D eigenvalue weighted by Gasteiger charge is 2.18. The Kier molecular flexibility index (Phi) is 5.21. The zero-order valence-corrected chi connectivity index (χ0v) is 9.22. The van der Waals surface area contributed by atoms with Gasteiger partial charge in [-0.25, -0.2) is 0 Å². The zero-order chi connectivity index (χ0) is 12.0. The molecule has 0 spiro atoms. The maximum absolute atomic E-state index is 11.7. The van der Waals surface area contributed by atoms with Gasteiger partial charge in [-0.2, -0.15) is 0 Å². The number of carbonyl (C=O) groups excluding carboxylic acids is 1. The Labute approximate surface area is 94.3 Å². The van der Waals surface area contributed by atoms with E-state index >= 15 is 0 Å². The smallest absolute Gasteiger partial charge is 0.320 e. The van der Waals surface area contributed by atoms with Crippen molar-refractivity contribution in [2.45, 2.75) is 25.3 Å². The lowest BCUT2D eigenvalue weighted by Gasteiger charge is -2.19. The van der Waals surface area contributed by atoms with Crippen molar-refractivity contribution in [1.29, 1.82) is 0 Å². The van der Waals surface area contributed by atoms with Gasteiger partial charge in [0.2, 0.25) is 5.91 Å². The maximum atomic E-state index is 11.7. The summed E-state index contributed by atoms with van der Waals surface area (Å²) in [7, 11) is 0. The van der Waals surface area contributed by atoms with Gasteiger partial charge in [-0.05, 0) is 12.8 Å². The summed E-state index contributed by atoms with van der Waals surface area (Å²) < 4.78 is 5.23. The molecular weight excluding hydrogens is 212 g/mol. The van der Waals surface area contributed by atoms with Crippen LogP contribution in [0, 0.1) is 0 Å². The lowest BCUT2D eigenvalue weighted by Crippen LogP contribution is -2.36. The van der Waals surface area contributed by atoms with Gasteiger partial charge in [0.05, 0.1) is 6.61 Å². The van der Waals surface area contributed by atoms with Crippen LogP contribution in [0.1, 0.15) is 19.3 Å². The second kappa shape index (κ2) is 6.44. The first-order chi connectivity index (χ1) is 7.61. The number of carboxylic acid groups (broad SMARTS) is 1. The molecule has 0 aromatic heterocycles. The van der Waals surface area contributed by atoms with Crippen LogP contribution in [0.3, 0.4) is 0 Å². The van der Waals surface area contributed by atoms with Crippen molar-refractivity contribution in [3.05, 3.63) is 0 Å². The second-order valence-corrected chi connectivity index (χ2v) is 3.83. The molecule has 1 heterocycles. The van der Waals surface area contributed by atoms with Crippen LogP contribution in [0.4, 0.5) is 0 Å². The van der Waals surface area contributed by atoms with Crippen LogP contribution in [-0.2, 0) is 14.3 Å². The standard InChI is InChI=1S/C10H18N2O4/c11-8(10(14)15)2-3-9(13)12-4-1-6-16-7-5-12/h8H,1-7,11H2,(H,14,15). The number of hydrogen-bond acceptors (Lipinski definition) is 4. The minimum Gasteiger partial charge on any atom is -0.480 e. The van der Waals surface area contributed by atoms with E-state index in [1.54, 1.807) is 4.90 Å². The van der Waals surface area contributed by atoms with E-state index in [1.165, 1.54) is 0 Å². The molecule has 0 bridgehead atoms. The Morgan fingerprint density at radius 3 is 2.81 bits per heavy atom. The molecule has 16 heavy (non-hydrogen) atoms. The van der Waals surface area contributed by atoms with Gasteiger partial charge in [-0.15, -0.1) is 0 Å². The first-order valence-electron chi connectivity index (χ1n) is 5.45. The zero-order valence-electron chi connectivity index (χ0n) is 9.22. The molecule has 1 unspecified atom stereocenters. The second-order valence-electron chi connectivity index (χ2n) is 3.83. The molecule has 0 aliphatic carbocycles. The lowest BCUT2D eigenvalue weighted by atomic mass is 10.1. The molecule has 6 heteroatoms. The fraction of sp³-hybridized carbons (Fsp3) is 0.800. The fourth-order valence-electron chi connectivity index (χ4n) is 1.56. The molecule has 0 aromatic rings. The minimum atomic E-state index is -1.06. The number of nitrogens with two attached hydrogens (primary N) is 1. The van der Waals surface area contributed by atoms with Gasteiger partial charge in [0, 0.05) is 26.1 Å². The third-order valence-corrected chi connectivity index (χ3v) is 2.56. The Morgan fingerprint density at radius 2 is 2.12 bits per heavy atom. The average molecular weight is 230 g/mol. The van der Waals surface area contributed by atoms with Crippen LogP contribution < -0.4 is 5.73 Å². The number of aliphatic carboxylic acids is 1. The third-order valence-electron chi connectivity index (χ3n) is 2.56. The van der Waals surface area contributed by atoms with E-state index in [9.17, 15) is 9.59 Å². The molecule has 3 N–H and O–H groups in total. The van der Waals surface area contributed by atoms with E-state index < -0.39 is 12.0 Å². The van der Waals surface area contributed by atoms with E-state index in [0.717, 1.165) is 6.42 Å². The number of carbonyl (C=O) groups is 2. The van der Waals surface area contributed by atoms with Crippen molar-refractivity contribution < 1.29 is 19.4 Å². The van der Waals surface area contributed by atoms with Gasteiger partial charge in [-0.1, -0.05) is 0 Å². The molecular formula is C10H18N2O4. The molecule has 1 saturated heterocycles. The molecule has 6 nitrogen and oxygen atoms in total. The maximum Gasteiger partial charge on any atom is 0.320 e. The number of ether oxygens (including phenoxy) is 1. The van der Waals surface area contributed by atoms with Crippen LogP contribution in [0.25, 0.3) is 0 Å².